The summed E-state index contributed by atoms with van der Waals surface area (Å²) in [5.74, 6) is -0.0641. The van der Waals surface area contributed by atoms with Gasteiger partial charge in [0.1, 0.15) is 0 Å². The van der Waals surface area contributed by atoms with Crippen LogP contribution in [0.15, 0.2) is 85.2 Å². The van der Waals surface area contributed by atoms with Crippen molar-refractivity contribution < 1.29 is 4.79 Å². The van der Waals surface area contributed by atoms with E-state index in [9.17, 15) is 10.1 Å². The fourth-order valence-corrected chi connectivity index (χ4v) is 4.91. The van der Waals surface area contributed by atoms with Crippen molar-refractivity contribution in [1.82, 2.24) is 9.97 Å². The SMILES string of the molecule is CC(C)(C#N)c1ccc(CN2CC(=O)Nc3cnc4ccc(-c5cnc6ccccc6c5)cc4c32)cc1. The van der Waals surface area contributed by atoms with Crippen molar-refractivity contribution in [3.8, 4) is 17.2 Å². The highest BCUT2D eigenvalue weighted by Gasteiger charge is 2.26. The van der Waals surface area contributed by atoms with Crippen LogP contribution in [0.2, 0.25) is 0 Å². The van der Waals surface area contributed by atoms with Gasteiger partial charge in [0.05, 0.1) is 46.6 Å². The van der Waals surface area contributed by atoms with Gasteiger partial charge in [0.2, 0.25) is 5.91 Å². The van der Waals surface area contributed by atoms with E-state index in [1.54, 1.807) is 6.20 Å². The van der Waals surface area contributed by atoms with Gasteiger partial charge in [-0.3, -0.25) is 14.8 Å². The standard InChI is InChI=1S/C31H25N5O/c1-31(2,19-32)24-10-7-20(8-11-24)17-36-18-29(37)35-28-16-34-27-12-9-21(14-25(27)30(28)36)23-13-22-5-3-4-6-26(22)33-15-23/h3-16H,17-18H2,1-2H3,(H,35,37). The molecule has 2 aromatic heterocycles. The van der Waals surface area contributed by atoms with Gasteiger partial charge < -0.3 is 10.2 Å². The van der Waals surface area contributed by atoms with Gasteiger partial charge in [0, 0.05) is 29.1 Å². The van der Waals surface area contributed by atoms with Crippen molar-refractivity contribution in [3.63, 3.8) is 0 Å². The Morgan fingerprint density at radius 3 is 2.54 bits per heavy atom. The first-order valence-corrected chi connectivity index (χ1v) is 12.2. The molecule has 37 heavy (non-hydrogen) atoms. The lowest BCUT2D eigenvalue weighted by molar-refractivity contribution is -0.115. The number of benzene rings is 3. The van der Waals surface area contributed by atoms with Gasteiger partial charge in [-0.05, 0) is 54.8 Å². The molecule has 1 aliphatic rings. The molecule has 3 heterocycles. The van der Waals surface area contributed by atoms with Crippen molar-refractivity contribution in [2.45, 2.75) is 25.8 Å². The number of anilines is 2. The molecule has 0 saturated carbocycles. The normalized spacial score (nSPS) is 13.3. The predicted molar refractivity (Wildman–Crippen MR) is 147 cm³/mol. The first kappa shape index (κ1) is 22.7. The number of carbonyl (C=O) groups is 1. The van der Waals surface area contributed by atoms with Crippen LogP contribution >= 0.6 is 0 Å². The summed E-state index contributed by atoms with van der Waals surface area (Å²) in [6, 6.07) is 26.9. The Kier molecular flexibility index (Phi) is 5.35. The molecule has 0 bridgehead atoms. The summed E-state index contributed by atoms with van der Waals surface area (Å²) in [6.07, 6.45) is 3.63. The van der Waals surface area contributed by atoms with E-state index in [0.29, 0.717) is 12.2 Å². The van der Waals surface area contributed by atoms with E-state index in [2.05, 4.69) is 50.5 Å². The number of rotatable bonds is 4. The summed E-state index contributed by atoms with van der Waals surface area (Å²) in [5, 5.41) is 14.5. The highest BCUT2D eigenvalue weighted by atomic mass is 16.2. The third-order valence-corrected chi connectivity index (χ3v) is 7.02. The maximum Gasteiger partial charge on any atom is 0.244 e. The number of nitrogens with zero attached hydrogens (tertiary/aromatic N) is 4. The molecule has 180 valence electrons. The van der Waals surface area contributed by atoms with Crippen LogP contribution in [0, 0.1) is 11.3 Å². The highest BCUT2D eigenvalue weighted by molar-refractivity contribution is 6.09. The van der Waals surface area contributed by atoms with Crippen molar-refractivity contribution in [2.24, 2.45) is 0 Å². The Morgan fingerprint density at radius 1 is 0.946 bits per heavy atom. The molecule has 3 aromatic carbocycles. The van der Waals surface area contributed by atoms with Crippen molar-refractivity contribution >= 4 is 39.1 Å². The van der Waals surface area contributed by atoms with Gasteiger partial charge in [0.25, 0.3) is 0 Å². The number of carbonyl (C=O) groups excluding carboxylic acids is 1. The van der Waals surface area contributed by atoms with Crippen molar-refractivity contribution in [3.05, 3.63) is 96.3 Å². The molecule has 1 N–H and O–H groups in total. The lowest BCUT2D eigenvalue weighted by Gasteiger charge is -2.32. The third kappa shape index (κ3) is 4.15. The number of para-hydroxylation sites is 1. The topological polar surface area (TPSA) is 81.9 Å². The van der Waals surface area contributed by atoms with Crippen LogP contribution in [0.1, 0.15) is 25.0 Å². The molecule has 0 saturated heterocycles. The van der Waals surface area contributed by atoms with Gasteiger partial charge in [-0.25, -0.2) is 0 Å². The molecule has 0 fully saturated rings. The quantitative estimate of drug-likeness (QED) is 0.329. The summed E-state index contributed by atoms with van der Waals surface area (Å²) in [7, 11) is 0. The van der Waals surface area contributed by atoms with Crippen LogP contribution in [0.25, 0.3) is 32.9 Å². The minimum Gasteiger partial charge on any atom is -0.356 e. The molecule has 6 rings (SSSR count). The molecule has 5 aromatic rings. The van der Waals surface area contributed by atoms with Gasteiger partial charge in [0.15, 0.2) is 0 Å². The first-order valence-electron chi connectivity index (χ1n) is 12.2. The monoisotopic (exact) mass is 483 g/mol. The molecule has 0 atom stereocenters. The first-order chi connectivity index (χ1) is 17.9. The number of pyridine rings is 2. The number of fused-ring (bicyclic) bond motifs is 4. The Morgan fingerprint density at radius 2 is 1.73 bits per heavy atom. The summed E-state index contributed by atoms with van der Waals surface area (Å²) >= 11 is 0. The lowest BCUT2D eigenvalue weighted by Crippen LogP contribution is -2.38. The van der Waals surface area contributed by atoms with Gasteiger partial charge >= 0.3 is 0 Å². The predicted octanol–water partition coefficient (Wildman–Crippen LogP) is 6.21. The minimum atomic E-state index is -0.550. The fraction of sp³-hybridized carbons (Fsp3) is 0.161. The van der Waals surface area contributed by atoms with E-state index in [1.165, 1.54) is 0 Å². The average Bonchev–Trinajstić information content (AvgIpc) is 2.92. The number of amides is 1. The molecule has 1 amide bonds. The van der Waals surface area contributed by atoms with E-state index in [-0.39, 0.29) is 12.5 Å². The molecule has 0 spiro atoms. The van der Waals surface area contributed by atoms with E-state index >= 15 is 0 Å². The van der Waals surface area contributed by atoms with E-state index in [4.69, 9.17) is 0 Å². The smallest absolute Gasteiger partial charge is 0.244 e. The van der Waals surface area contributed by atoms with Gasteiger partial charge in [-0.15, -0.1) is 0 Å². The molecular formula is C31H25N5O. The number of nitriles is 1. The second-order valence-corrected chi connectivity index (χ2v) is 10.0. The van der Waals surface area contributed by atoms with Crippen LogP contribution in [0.5, 0.6) is 0 Å². The Balaban J connectivity index is 1.42. The van der Waals surface area contributed by atoms with Crippen LogP contribution in [0.4, 0.5) is 11.4 Å². The molecule has 1 aliphatic heterocycles. The maximum absolute atomic E-state index is 12.6. The van der Waals surface area contributed by atoms with Crippen LogP contribution in [-0.2, 0) is 16.8 Å². The second-order valence-electron chi connectivity index (χ2n) is 10.0. The highest BCUT2D eigenvalue weighted by Crippen LogP contribution is 2.39. The molecule has 6 heteroatoms. The summed E-state index contributed by atoms with van der Waals surface area (Å²) < 4.78 is 0. The van der Waals surface area contributed by atoms with Crippen LogP contribution in [0.3, 0.4) is 0 Å². The van der Waals surface area contributed by atoms with E-state index in [1.807, 2.05) is 68.6 Å². The third-order valence-electron chi connectivity index (χ3n) is 7.02. The summed E-state index contributed by atoms with van der Waals surface area (Å²) in [5.41, 5.74) is 7.05. The number of nitrogens with one attached hydrogen (secondary N) is 1. The minimum absolute atomic E-state index is 0.0641. The molecule has 0 radical (unpaired) electrons. The Hall–Kier alpha value is -4.76. The molecule has 6 nitrogen and oxygen atoms in total. The molecule has 0 unspecified atom stereocenters. The van der Waals surface area contributed by atoms with Gasteiger partial charge in [-0.1, -0.05) is 48.5 Å². The maximum atomic E-state index is 12.6. The van der Waals surface area contributed by atoms with Gasteiger partial charge in [-0.2, -0.15) is 5.26 Å². The molecular weight excluding hydrogens is 458 g/mol. The van der Waals surface area contributed by atoms with Crippen LogP contribution < -0.4 is 10.2 Å². The average molecular weight is 484 g/mol. The Bertz CT molecular complexity index is 1720. The molecule has 0 aliphatic carbocycles. The zero-order valence-corrected chi connectivity index (χ0v) is 20.7. The zero-order valence-electron chi connectivity index (χ0n) is 20.7. The largest absolute Gasteiger partial charge is 0.356 e. The summed E-state index contributed by atoms with van der Waals surface area (Å²) in [6.45, 7) is 4.64. The fourth-order valence-electron chi connectivity index (χ4n) is 4.91. The van der Waals surface area contributed by atoms with Crippen molar-refractivity contribution in [2.75, 3.05) is 16.8 Å². The van der Waals surface area contributed by atoms with Crippen LogP contribution in [-0.4, -0.2) is 22.4 Å². The second kappa shape index (κ2) is 8.72. The summed E-state index contributed by atoms with van der Waals surface area (Å²) in [4.78, 5) is 23.9. The van der Waals surface area contributed by atoms with E-state index in [0.717, 1.165) is 49.7 Å². The number of aromatic nitrogens is 2. The lowest BCUT2D eigenvalue weighted by atomic mass is 9.86. The Labute approximate surface area is 215 Å². The number of hydrogen-bond donors (Lipinski definition) is 1. The van der Waals surface area contributed by atoms with E-state index < -0.39 is 5.41 Å². The number of hydrogen-bond acceptors (Lipinski definition) is 5. The zero-order chi connectivity index (χ0) is 25.6. The van der Waals surface area contributed by atoms with Crippen molar-refractivity contribution in [1.29, 1.82) is 5.26 Å².